The SMILES string of the molecule is [CH2-]C.[CH2-]CN(C[CH2-])SOOc1ccc2scc(CC(=O)O)c2c1.[Y+3].[Y]. The molecule has 1 aromatic heterocycles. The molecule has 5 nitrogen and oxygen atoms in total. The van der Waals surface area contributed by atoms with E-state index in [9.17, 15) is 4.79 Å². The summed E-state index contributed by atoms with van der Waals surface area (Å²) in [6.07, 6.45) is -0.00412. The van der Waals surface area contributed by atoms with Gasteiger partial charge in [-0.3, -0.25) is 9.10 Å². The van der Waals surface area contributed by atoms with Gasteiger partial charge in [0.05, 0.1) is 6.42 Å². The Labute approximate surface area is 208 Å². The summed E-state index contributed by atoms with van der Waals surface area (Å²) in [6.45, 7) is 13.6. The Kier molecular flexibility index (Phi) is 17.9. The molecule has 0 bridgehead atoms. The fraction of sp³-hybridized carbons (Fsp3) is 0.250. The summed E-state index contributed by atoms with van der Waals surface area (Å²) in [4.78, 5) is 16.0. The third-order valence-corrected chi connectivity index (χ3v) is 4.45. The molecule has 25 heavy (non-hydrogen) atoms. The first-order chi connectivity index (χ1) is 11.1. The maximum Gasteiger partial charge on any atom is 3.00 e. The Morgan fingerprint density at radius 3 is 2.52 bits per heavy atom. The number of carboxylic acids is 1. The zero-order valence-electron chi connectivity index (χ0n) is 14.1. The Balaban J connectivity index is 0. The molecule has 0 aliphatic heterocycles. The van der Waals surface area contributed by atoms with Crippen LogP contribution in [0, 0.1) is 20.8 Å². The van der Waals surface area contributed by atoms with Gasteiger partial charge in [-0.2, -0.15) is 6.92 Å². The summed E-state index contributed by atoms with van der Waals surface area (Å²) in [5.74, 6) is -0.331. The number of carboxylic acid groups (broad SMARTS) is 1. The van der Waals surface area contributed by atoms with Crippen LogP contribution in [0.15, 0.2) is 23.6 Å². The van der Waals surface area contributed by atoms with Gasteiger partial charge in [0, 0.05) is 42.8 Å². The van der Waals surface area contributed by atoms with Crippen molar-refractivity contribution in [3.8, 4) is 5.75 Å². The molecule has 1 radical (unpaired) electrons. The first-order valence-electron chi connectivity index (χ1n) is 6.91. The molecule has 131 valence electrons. The minimum absolute atomic E-state index is 0. The van der Waals surface area contributed by atoms with E-state index in [0.29, 0.717) is 18.8 Å². The Bertz CT molecular complexity index is 621. The zero-order valence-corrected chi connectivity index (χ0v) is 21.5. The fourth-order valence-electron chi connectivity index (χ4n) is 1.70. The number of hydrogen-bond acceptors (Lipinski definition) is 6. The van der Waals surface area contributed by atoms with Crippen molar-refractivity contribution in [2.24, 2.45) is 0 Å². The van der Waals surface area contributed by atoms with Crippen molar-refractivity contribution in [2.45, 2.75) is 13.3 Å². The number of nitrogens with zero attached hydrogens (tertiary/aromatic N) is 1. The van der Waals surface area contributed by atoms with Gasteiger partial charge in [0.15, 0.2) is 5.75 Å². The molecule has 0 spiro atoms. The van der Waals surface area contributed by atoms with Crippen LogP contribution in [0.5, 0.6) is 5.75 Å². The van der Waals surface area contributed by atoms with Crippen LogP contribution in [-0.4, -0.2) is 28.5 Å². The maximum absolute atomic E-state index is 10.8. The Morgan fingerprint density at radius 1 is 1.32 bits per heavy atom. The van der Waals surface area contributed by atoms with Crippen molar-refractivity contribution in [2.75, 3.05) is 13.1 Å². The molecule has 9 heteroatoms. The smallest absolute Gasteiger partial charge is 0.481 e. The molecule has 1 heterocycles. The van der Waals surface area contributed by atoms with Gasteiger partial charge in [0.25, 0.3) is 0 Å². The molecular formula is C16H20NO4S2Y2. The van der Waals surface area contributed by atoms with E-state index in [1.807, 2.05) is 11.4 Å². The van der Waals surface area contributed by atoms with Gasteiger partial charge in [-0.05, 0) is 29.1 Å². The third-order valence-electron chi connectivity index (χ3n) is 2.73. The number of fused-ring (bicyclic) bond motifs is 1. The van der Waals surface area contributed by atoms with E-state index in [4.69, 9.17) is 14.3 Å². The predicted octanol–water partition coefficient (Wildman–Crippen LogP) is 4.21. The second-order valence-corrected chi connectivity index (χ2v) is 5.86. The van der Waals surface area contributed by atoms with Gasteiger partial charge in [-0.15, -0.1) is 24.4 Å². The molecule has 2 rings (SSSR count). The van der Waals surface area contributed by atoms with Gasteiger partial charge < -0.3 is 30.8 Å². The van der Waals surface area contributed by atoms with E-state index in [1.54, 1.807) is 23.4 Å². The molecule has 1 aromatic carbocycles. The van der Waals surface area contributed by atoms with Crippen LogP contribution in [0.4, 0.5) is 0 Å². The first kappa shape index (κ1) is 28.1. The monoisotopic (exact) mass is 532 g/mol. The molecule has 0 saturated carbocycles. The number of benzene rings is 1. The van der Waals surface area contributed by atoms with E-state index in [2.05, 4.69) is 20.8 Å². The first-order valence-corrected chi connectivity index (χ1v) is 8.49. The standard InChI is InChI=1S/C14H15NO4S2.C2H5.2Y/c1-3-15(4-2)21-19-18-11-5-6-13-12(8-11)10(9-20-13)7-14(16)17;1-2;;/h5-6,8-9H,1-4,7H2,(H,16,17);1H2,2H3;;/q-2;-1;;+3. The van der Waals surface area contributed by atoms with Crippen molar-refractivity contribution >= 4 is 39.6 Å². The minimum Gasteiger partial charge on any atom is -0.481 e. The van der Waals surface area contributed by atoms with Crippen LogP contribution in [0.2, 0.25) is 0 Å². The van der Waals surface area contributed by atoms with E-state index >= 15 is 0 Å². The molecule has 0 unspecified atom stereocenters. The summed E-state index contributed by atoms with van der Waals surface area (Å²) in [7, 11) is 0. The third kappa shape index (κ3) is 9.61. The normalized spacial score (nSPS) is 9.64. The van der Waals surface area contributed by atoms with E-state index in [-0.39, 0.29) is 71.8 Å². The number of thiophene rings is 1. The number of hydrogen-bond donors (Lipinski definition) is 1. The molecule has 0 aliphatic carbocycles. The van der Waals surface area contributed by atoms with Crippen LogP contribution < -0.4 is 4.89 Å². The quantitative estimate of drug-likeness (QED) is 0.181. The number of rotatable bonds is 8. The molecule has 2 aromatic rings. The summed E-state index contributed by atoms with van der Waals surface area (Å²) >= 11 is 2.54. The van der Waals surface area contributed by atoms with Gasteiger partial charge in [0.1, 0.15) is 12.2 Å². The van der Waals surface area contributed by atoms with Crippen LogP contribution in [0.25, 0.3) is 10.1 Å². The van der Waals surface area contributed by atoms with Crippen molar-refractivity contribution in [3.63, 3.8) is 0 Å². The van der Waals surface area contributed by atoms with Crippen LogP contribution >= 0.6 is 23.6 Å². The minimum atomic E-state index is -0.852. The van der Waals surface area contributed by atoms with Gasteiger partial charge in [-0.1, -0.05) is 4.33 Å². The van der Waals surface area contributed by atoms with E-state index < -0.39 is 5.97 Å². The maximum atomic E-state index is 10.8. The van der Waals surface area contributed by atoms with Crippen molar-refractivity contribution in [1.29, 1.82) is 0 Å². The number of carbonyl (C=O) groups is 1. The summed E-state index contributed by atoms with van der Waals surface area (Å²) < 4.78 is 7.85. The topological polar surface area (TPSA) is 59.0 Å². The molecule has 0 amide bonds. The molecule has 1 N–H and O–H groups in total. The molecule has 0 atom stereocenters. The zero-order chi connectivity index (χ0) is 17.2. The Morgan fingerprint density at radius 2 is 1.96 bits per heavy atom. The summed E-state index contributed by atoms with van der Waals surface area (Å²) in [5, 5.41) is 11.6. The van der Waals surface area contributed by atoms with E-state index in [0.717, 1.165) is 27.9 Å². The molecular weight excluding hydrogens is 512 g/mol. The van der Waals surface area contributed by atoms with Gasteiger partial charge in [-0.25, -0.2) is 0 Å². The number of aliphatic carboxylic acids is 1. The second kappa shape index (κ2) is 15.9. The van der Waals surface area contributed by atoms with Gasteiger partial charge >= 0.3 is 38.7 Å². The van der Waals surface area contributed by atoms with Crippen molar-refractivity contribution < 1.29 is 84.5 Å². The van der Waals surface area contributed by atoms with Crippen molar-refractivity contribution in [3.05, 3.63) is 49.9 Å². The molecule has 0 saturated heterocycles. The Hall–Kier alpha value is 0.928. The summed E-state index contributed by atoms with van der Waals surface area (Å²) in [5.41, 5.74) is 0.776. The van der Waals surface area contributed by atoms with Gasteiger partial charge in [0.2, 0.25) is 0 Å². The van der Waals surface area contributed by atoms with Crippen molar-refractivity contribution in [1.82, 2.24) is 4.31 Å². The second-order valence-electron chi connectivity index (χ2n) is 4.14. The van der Waals surface area contributed by atoms with Crippen LogP contribution in [0.3, 0.4) is 0 Å². The summed E-state index contributed by atoms with van der Waals surface area (Å²) in [6, 6.07) is 5.45. The van der Waals surface area contributed by atoms with E-state index in [1.165, 1.54) is 11.3 Å². The predicted molar refractivity (Wildman–Crippen MR) is 95.8 cm³/mol. The molecule has 0 fully saturated rings. The average Bonchev–Trinajstić information content (AvgIpc) is 2.95. The fourth-order valence-corrected chi connectivity index (χ4v) is 2.98. The van der Waals surface area contributed by atoms with Crippen LogP contribution in [0.1, 0.15) is 12.5 Å². The van der Waals surface area contributed by atoms with Crippen LogP contribution in [-0.2, 0) is 81.0 Å². The largest absolute Gasteiger partial charge is 3.00 e. The molecule has 0 aliphatic rings. The average molecular weight is 532 g/mol.